The first-order chi connectivity index (χ1) is 7.77. The van der Waals surface area contributed by atoms with Gasteiger partial charge in [0.25, 0.3) is 0 Å². The van der Waals surface area contributed by atoms with Crippen molar-refractivity contribution in [3.05, 3.63) is 0 Å². The van der Waals surface area contributed by atoms with Crippen molar-refractivity contribution in [2.75, 3.05) is 26.2 Å². The summed E-state index contributed by atoms with van der Waals surface area (Å²) in [6.07, 6.45) is 4.23. The number of nitrogens with zero attached hydrogens (tertiary/aromatic N) is 2. The van der Waals surface area contributed by atoms with Crippen molar-refractivity contribution in [3.63, 3.8) is 0 Å². The average Bonchev–Trinajstić information content (AvgIpc) is 2.83. The zero-order valence-electron chi connectivity index (χ0n) is 9.48. The van der Waals surface area contributed by atoms with Gasteiger partial charge in [-0.1, -0.05) is 0 Å². The van der Waals surface area contributed by atoms with Crippen molar-refractivity contribution in [1.82, 2.24) is 9.80 Å². The highest BCUT2D eigenvalue weighted by atomic mass is 16.6. The van der Waals surface area contributed by atoms with Gasteiger partial charge in [-0.25, -0.2) is 9.59 Å². The van der Waals surface area contributed by atoms with Gasteiger partial charge in [-0.15, -0.1) is 0 Å². The van der Waals surface area contributed by atoms with Crippen LogP contribution in [-0.2, 0) is 4.74 Å². The summed E-state index contributed by atoms with van der Waals surface area (Å²) < 4.78 is 4.85. The summed E-state index contributed by atoms with van der Waals surface area (Å²) >= 11 is 0. The topological polar surface area (TPSA) is 49.9 Å². The van der Waals surface area contributed by atoms with E-state index in [1.807, 2.05) is 0 Å². The first-order valence-electron chi connectivity index (χ1n) is 6.03. The van der Waals surface area contributed by atoms with Gasteiger partial charge in [0.2, 0.25) is 0 Å². The second-order valence-electron chi connectivity index (χ2n) is 4.38. The minimum absolute atomic E-state index is 0.475. The summed E-state index contributed by atoms with van der Waals surface area (Å²) in [5.74, 6) is 0. The molecule has 90 valence electrons. The molecule has 0 aliphatic carbocycles. The maximum atomic E-state index is 11.6. The van der Waals surface area contributed by atoms with Crippen molar-refractivity contribution < 1.29 is 14.3 Å². The van der Waals surface area contributed by atoms with E-state index in [0.29, 0.717) is 26.2 Å². The molecule has 2 rings (SSSR count). The molecule has 0 unspecified atom stereocenters. The molecule has 0 spiro atoms. The van der Waals surface area contributed by atoms with Crippen LogP contribution < -0.4 is 0 Å². The molecule has 0 N–H and O–H groups in total. The number of piperidine rings is 1. The van der Waals surface area contributed by atoms with Gasteiger partial charge in [-0.05, 0) is 32.1 Å². The molecule has 2 aliphatic rings. The third-order valence-electron chi connectivity index (χ3n) is 3.15. The number of ether oxygens (including phenoxy) is 1. The van der Waals surface area contributed by atoms with Crippen LogP contribution in [0.25, 0.3) is 0 Å². The van der Waals surface area contributed by atoms with Crippen molar-refractivity contribution in [2.45, 2.75) is 32.1 Å². The highest BCUT2D eigenvalue weighted by molar-refractivity contribution is 5.83. The molecule has 0 aromatic carbocycles. The second kappa shape index (κ2) is 5.18. The van der Waals surface area contributed by atoms with Crippen LogP contribution in [-0.4, -0.2) is 48.2 Å². The Hall–Kier alpha value is -1.26. The molecule has 0 aromatic heterocycles. The quantitative estimate of drug-likeness (QED) is 0.592. The maximum absolute atomic E-state index is 11.6. The molecule has 2 fully saturated rings. The summed E-state index contributed by atoms with van der Waals surface area (Å²) in [7, 11) is 0. The molecule has 0 atom stereocenters. The van der Waals surface area contributed by atoms with Crippen LogP contribution in [0.1, 0.15) is 32.1 Å². The van der Waals surface area contributed by atoms with E-state index in [9.17, 15) is 9.59 Å². The van der Waals surface area contributed by atoms with E-state index in [1.54, 1.807) is 9.80 Å². The average molecular weight is 226 g/mol. The molecule has 0 saturated carbocycles. The van der Waals surface area contributed by atoms with Gasteiger partial charge in [-0.2, -0.15) is 0 Å². The van der Waals surface area contributed by atoms with Crippen molar-refractivity contribution >= 4 is 12.2 Å². The first-order valence-corrected chi connectivity index (χ1v) is 6.03. The Bertz CT molecular complexity index is 268. The Kier molecular flexibility index (Phi) is 3.64. The lowest BCUT2D eigenvalue weighted by Crippen LogP contribution is -2.40. The van der Waals surface area contributed by atoms with Crippen molar-refractivity contribution in [3.8, 4) is 0 Å². The van der Waals surface area contributed by atoms with Crippen LogP contribution in [0.5, 0.6) is 0 Å². The predicted octanol–water partition coefficient (Wildman–Crippen LogP) is 1.82. The minimum atomic E-state index is -0.479. The summed E-state index contributed by atoms with van der Waals surface area (Å²) in [5, 5.41) is 0. The van der Waals surface area contributed by atoms with Gasteiger partial charge in [0.15, 0.2) is 0 Å². The lowest BCUT2D eigenvalue weighted by atomic mass is 10.1. The summed E-state index contributed by atoms with van der Waals surface area (Å²) in [6, 6.07) is 0. The van der Waals surface area contributed by atoms with E-state index in [1.165, 1.54) is 0 Å². The Morgan fingerprint density at radius 1 is 0.688 bits per heavy atom. The highest BCUT2D eigenvalue weighted by Crippen LogP contribution is 2.12. The number of likely N-dealkylation sites (tertiary alicyclic amines) is 2. The van der Waals surface area contributed by atoms with E-state index in [-0.39, 0.29) is 0 Å². The zero-order valence-corrected chi connectivity index (χ0v) is 9.48. The van der Waals surface area contributed by atoms with Crippen molar-refractivity contribution in [2.24, 2.45) is 0 Å². The SMILES string of the molecule is O=C(OC(=O)N1CCCC1)N1CCCCC1. The maximum Gasteiger partial charge on any atom is 0.418 e. The van der Waals surface area contributed by atoms with E-state index >= 15 is 0 Å². The van der Waals surface area contributed by atoms with E-state index in [4.69, 9.17) is 4.74 Å². The zero-order chi connectivity index (χ0) is 11.4. The van der Waals surface area contributed by atoms with Crippen LogP contribution in [0.4, 0.5) is 9.59 Å². The van der Waals surface area contributed by atoms with E-state index < -0.39 is 12.2 Å². The molecule has 0 aromatic rings. The van der Waals surface area contributed by atoms with Gasteiger partial charge >= 0.3 is 12.2 Å². The van der Waals surface area contributed by atoms with Gasteiger partial charge in [0, 0.05) is 26.2 Å². The molecule has 2 amide bonds. The molecular formula is C11H18N2O3. The molecular weight excluding hydrogens is 208 g/mol. The first kappa shape index (κ1) is 11.2. The molecule has 5 heteroatoms. The Labute approximate surface area is 95.3 Å². The van der Waals surface area contributed by atoms with Crippen LogP contribution in [0, 0.1) is 0 Å². The summed E-state index contributed by atoms with van der Waals surface area (Å²) in [5.41, 5.74) is 0. The summed E-state index contributed by atoms with van der Waals surface area (Å²) in [4.78, 5) is 26.4. The van der Waals surface area contributed by atoms with Crippen LogP contribution in [0.2, 0.25) is 0 Å². The Morgan fingerprint density at radius 2 is 1.06 bits per heavy atom. The normalized spacial score (nSPS) is 21.0. The lowest BCUT2D eigenvalue weighted by molar-refractivity contribution is 0.0939. The van der Waals surface area contributed by atoms with Crippen LogP contribution in [0.15, 0.2) is 0 Å². The van der Waals surface area contributed by atoms with Crippen LogP contribution >= 0.6 is 0 Å². The number of amides is 2. The fourth-order valence-electron chi connectivity index (χ4n) is 2.18. The van der Waals surface area contributed by atoms with Gasteiger partial charge in [-0.3, -0.25) is 0 Å². The summed E-state index contributed by atoms with van der Waals surface area (Å²) in [6.45, 7) is 2.86. The fraction of sp³-hybridized carbons (Fsp3) is 0.818. The third-order valence-corrected chi connectivity index (χ3v) is 3.15. The number of carbonyl (C=O) groups is 2. The molecule has 2 heterocycles. The molecule has 16 heavy (non-hydrogen) atoms. The number of rotatable bonds is 0. The Balaban J connectivity index is 1.79. The molecule has 2 aliphatic heterocycles. The minimum Gasteiger partial charge on any atom is -0.359 e. The lowest BCUT2D eigenvalue weighted by Gasteiger charge is -2.26. The molecule has 2 saturated heterocycles. The molecule has 0 radical (unpaired) electrons. The number of hydrogen-bond donors (Lipinski definition) is 0. The van der Waals surface area contributed by atoms with Crippen molar-refractivity contribution in [1.29, 1.82) is 0 Å². The smallest absolute Gasteiger partial charge is 0.359 e. The van der Waals surface area contributed by atoms with Crippen LogP contribution in [0.3, 0.4) is 0 Å². The van der Waals surface area contributed by atoms with E-state index in [2.05, 4.69) is 0 Å². The Morgan fingerprint density at radius 3 is 1.50 bits per heavy atom. The number of hydrogen-bond acceptors (Lipinski definition) is 3. The largest absolute Gasteiger partial charge is 0.418 e. The van der Waals surface area contributed by atoms with E-state index in [0.717, 1.165) is 32.1 Å². The second-order valence-corrected chi connectivity index (χ2v) is 4.38. The van der Waals surface area contributed by atoms with Gasteiger partial charge in [0.05, 0.1) is 0 Å². The standard InChI is InChI=1S/C11H18N2O3/c14-10(12-6-2-1-3-7-12)16-11(15)13-8-4-5-9-13/h1-9H2. The van der Waals surface area contributed by atoms with Gasteiger partial charge in [0.1, 0.15) is 0 Å². The molecule has 5 nitrogen and oxygen atoms in total. The fourth-order valence-corrected chi connectivity index (χ4v) is 2.18. The highest BCUT2D eigenvalue weighted by Gasteiger charge is 2.25. The molecule has 0 bridgehead atoms. The number of carbonyl (C=O) groups excluding carboxylic acids is 2. The third kappa shape index (κ3) is 2.65. The predicted molar refractivity (Wildman–Crippen MR) is 58.1 cm³/mol. The van der Waals surface area contributed by atoms with Gasteiger partial charge < -0.3 is 14.5 Å². The monoisotopic (exact) mass is 226 g/mol.